The van der Waals surface area contributed by atoms with Crippen molar-refractivity contribution in [2.24, 2.45) is 0 Å². The van der Waals surface area contributed by atoms with Gasteiger partial charge in [-0.25, -0.2) is 9.59 Å². The number of benzene rings is 2. The summed E-state index contributed by atoms with van der Waals surface area (Å²) in [6.45, 7) is 5.37. The van der Waals surface area contributed by atoms with E-state index in [0.29, 0.717) is 0 Å². The number of hydrogen-bond donors (Lipinski definition) is 1. The van der Waals surface area contributed by atoms with Crippen LogP contribution in [0.1, 0.15) is 37.8 Å². The van der Waals surface area contributed by atoms with Crippen molar-refractivity contribution in [1.29, 1.82) is 0 Å². The molecule has 0 fully saturated rings. The van der Waals surface area contributed by atoms with Gasteiger partial charge >= 0.3 is 12.1 Å². The zero-order valence-electron chi connectivity index (χ0n) is 15.2. The molecule has 5 heteroatoms. The number of rotatable bonds is 5. The zero-order chi connectivity index (χ0) is 18.7. The molecule has 0 aromatic heterocycles. The van der Waals surface area contributed by atoms with Gasteiger partial charge in [0.2, 0.25) is 0 Å². The summed E-state index contributed by atoms with van der Waals surface area (Å²) in [5.74, 6) is -0.507. The summed E-state index contributed by atoms with van der Waals surface area (Å²) in [5, 5.41) is 2.58. The van der Waals surface area contributed by atoms with Crippen molar-refractivity contribution in [3.05, 3.63) is 59.7 Å². The lowest BCUT2D eigenvalue weighted by Crippen LogP contribution is -2.50. The lowest BCUT2D eigenvalue weighted by molar-refractivity contribution is -0.149. The van der Waals surface area contributed by atoms with Crippen molar-refractivity contribution in [2.75, 3.05) is 13.2 Å². The van der Waals surface area contributed by atoms with Gasteiger partial charge in [-0.05, 0) is 43.0 Å². The standard InChI is InChI=1S/C21H23NO4/c1-4-25-19(23)21(2,3)22-20(24)26-13-18-16-11-7-5-9-14(16)15-10-6-8-12-17(15)18/h5-12,18H,4,13H2,1-3H3,(H,22,24). The molecule has 136 valence electrons. The third-order valence-electron chi connectivity index (χ3n) is 4.54. The predicted molar refractivity (Wildman–Crippen MR) is 98.9 cm³/mol. The molecule has 0 aliphatic heterocycles. The van der Waals surface area contributed by atoms with Crippen molar-refractivity contribution in [2.45, 2.75) is 32.2 Å². The summed E-state index contributed by atoms with van der Waals surface area (Å²) in [4.78, 5) is 24.1. The molecule has 0 unspecified atom stereocenters. The van der Waals surface area contributed by atoms with Gasteiger partial charge in [0.1, 0.15) is 12.1 Å². The van der Waals surface area contributed by atoms with E-state index in [1.54, 1.807) is 20.8 Å². The van der Waals surface area contributed by atoms with Gasteiger partial charge in [-0.1, -0.05) is 48.5 Å². The van der Waals surface area contributed by atoms with Crippen LogP contribution < -0.4 is 5.32 Å². The first-order valence-corrected chi connectivity index (χ1v) is 8.74. The van der Waals surface area contributed by atoms with Crippen molar-refractivity contribution in [3.8, 4) is 11.1 Å². The number of amides is 1. The van der Waals surface area contributed by atoms with Crippen molar-refractivity contribution in [3.63, 3.8) is 0 Å². The SMILES string of the molecule is CCOC(=O)C(C)(C)NC(=O)OCC1c2ccccc2-c2ccccc21. The summed E-state index contributed by atoms with van der Waals surface area (Å²) < 4.78 is 10.4. The lowest BCUT2D eigenvalue weighted by atomic mass is 9.98. The average molecular weight is 353 g/mol. The summed E-state index contributed by atoms with van der Waals surface area (Å²) >= 11 is 0. The molecule has 1 amide bonds. The van der Waals surface area contributed by atoms with Gasteiger partial charge < -0.3 is 14.8 Å². The number of esters is 1. The molecule has 1 aliphatic carbocycles. The van der Waals surface area contributed by atoms with Crippen LogP contribution in [0.5, 0.6) is 0 Å². The molecule has 0 saturated carbocycles. The molecule has 2 aromatic rings. The summed E-state index contributed by atoms with van der Waals surface area (Å²) in [6.07, 6.45) is -0.634. The second kappa shape index (κ2) is 7.20. The first-order chi connectivity index (χ1) is 12.4. The van der Waals surface area contributed by atoms with E-state index >= 15 is 0 Å². The Hall–Kier alpha value is -2.82. The minimum absolute atomic E-state index is 0.0149. The molecule has 1 aliphatic rings. The second-order valence-corrected chi connectivity index (χ2v) is 6.80. The molecule has 0 spiro atoms. The zero-order valence-corrected chi connectivity index (χ0v) is 15.2. The fourth-order valence-electron chi connectivity index (χ4n) is 3.25. The van der Waals surface area contributed by atoms with E-state index < -0.39 is 17.6 Å². The van der Waals surface area contributed by atoms with Crippen LogP contribution in [-0.2, 0) is 14.3 Å². The summed E-state index contributed by atoms with van der Waals surface area (Å²) in [6, 6.07) is 16.3. The fourth-order valence-corrected chi connectivity index (χ4v) is 3.25. The minimum atomic E-state index is -1.14. The highest BCUT2D eigenvalue weighted by atomic mass is 16.6. The number of carbonyl (C=O) groups is 2. The third kappa shape index (κ3) is 3.43. The Morgan fingerprint density at radius 3 is 2.04 bits per heavy atom. The maximum atomic E-state index is 12.2. The first-order valence-electron chi connectivity index (χ1n) is 8.74. The van der Waals surface area contributed by atoms with E-state index in [4.69, 9.17) is 9.47 Å². The number of alkyl carbamates (subject to hydrolysis) is 1. The fraction of sp³-hybridized carbons (Fsp3) is 0.333. The Balaban J connectivity index is 1.70. The molecule has 0 bridgehead atoms. The quantitative estimate of drug-likeness (QED) is 0.829. The third-order valence-corrected chi connectivity index (χ3v) is 4.54. The van der Waals surface area contributed by atoms with Crippen LogP contribution >= 0.6 is 0 Å². The van der Waals surface area contributed by atoms with E-state index in [-0.39, 0.29) is 19.1 Å². The van der Waals surface area contributed by atoms with Gasteiger partial charge in [0.25, 0.3) is 0 Å². The number of nitrogens with one attached hydrogen (secondary N) is 1. The van der Waals surface area contributed by atoms with Crippen molar-refractivity contribution >= 4 is 12.1 Å². The largest absolute Gasteiger partial charge is 0.464 e. The molecule has 5 nitrogen and oxygen atoms in total. The van der Waals surface area contributed by atoms with Crippen LogP contribution in [0.4, 0.5) is 4.79 Å². The van der Waals surface area contributed by atoms with Crippen LogP contribution in [0.15, 0.2) is 48.5 Å². The number of fused-ring (bicyclic) bond motifs is 3. The Kier molecular flexibility index (Phi) is 4.98. The average Bonchev–Trinajstić information content (AvgIpc) is 2.94. The Bertz CT molecular complexity index is 783. The van der Waals surface area contributed by atoms with Gasteiger partial charge in [0, 0.05) is 5.92 Å². The van der Waals surface area contributed by atoms with E-state index in [0.717, 1.165) is 11.1 Å². The molecular weight excluding hydrogens is 330 g/mol. The van der Waals surface area contributed by atoms with Crippen LogP contribution in [0.3, 0.4) is 0 Å². The number of carbonyl (C=O) groups excluding carboxylic acids is 2. The molecule has 0 heterocycles. The maximum Gasteiger partial charge on any atom is 0.408 e. The van der Waals surface area contributed by atoms with Crippen molar-refractivity contribution < 1.29 is 19.1 Å². The maximum absolute atomic E-state index is 12.2. The summed E-state index contributed by atoms with van der Waals surface area (Å²) in [5.41, 5.74) is 3.49. The molecule has 0 atom stereocenters. The van der Waals surface area contributed by atoms with Gasteiger partial charge in [0.05, 0.1) is 6.61 Å². The topological polar surface area (TPSA) is 64.6 Å². The van der Waals surface area contributed by atoms with Crippen LogP contribution in [0, 0.1) is 0 Å². The minimum Gasteiger partial charge on any atom is -0.464 e. The van der Waals surface area contributed by atoms with E-state index in [2.05, 4.69) is 29.6 Å². The highest BCUT2D eigenvalue weighted by Gasteiger charge is 2.33. The van der Waals surface area contributed by atoms with E-state index in [1.807, 2.05) is 24.3 Å². The smallest absolute Gasteiger partial charge is 0.408 e. The molecular formula is C21H23NO4. The number of hydrogen-bond acceptors (Lipinski definition) is 4. The monoisotopic (exact) mass is 353 g/mol. The van der Waals surface area contributed by atoms with E-state index in [9.17, 15) is 9.59 Å². The second-order valence-electron chi connectivity index (χ2n) is 6.80. The lowest BCUT2D eigenvalue weighted by Gasteiger charge is -2.24. The molecule has 1 N–H and O–H groups in total. The van der Waals surface area contributed by atoms with Gasteiger partial charge in [-0.15, -0.1) is 0 Å². The van der Waals surface area contributed by atoms with Gasteiger partial charge in [-0.2, -0.15) is 0 Å². The van der Waals surface area contributed by atoms with Crippen LogP contribution in [0.2, 0.25) is 0 Å². The van der Waals surface area contributed by atoms with Crippen LogP contribution in [0.25, 0.3) is 11.1 Å². The highest BCUT2D eigenvalue weighted by Crippen LogP contribution is 2.44. The summed E-state index contributed by atoms with van der Waals surface area (Å²) in [7, 11) is 0. The Morgan fingerprint density at radius 2 is 1.50 bits per heavy atom. The normalized spacial score (nSPS) is 12.9. The van der Waals surface area contributed by atoms with Gasteiger partial charge in [-0.3, -0.25) is 0 Å². The predicted octanol–water partition coefficient (Wildman–Crippen LogP) is 3.87. The van der Waals surface area contributed by atoms with Crippen molar-refractivity contribution in [1.82, 2.24) is 5.32 Å². The Labute approximate surface area is 153 Å². The molecule has 0 saturated heterocycles. The molecule has 3 rings (SSSR count). The first kappa shape index (κ1) is 18.0. The molecule has 0 radical (unpaired) electrons. The Morgan fingerprint density at radius 1 is 0.962 bits per heavy atom. The van der Waals surface area contributed by atoms with E-state index in [1.165, 1.54) is 11.1 Å². The molecule has 26 heavy (non-hydrogen) atoms. The van der Waals surface area contributed by atoms with Crippen LogP contribution in [-0.4, -0.2) is 30.8 Å². The highest BCUT2D eigenvalue weighted by molar-refractivity contribution is 5.85. The van der Waals surface area contributed by atoms with Gasteiger partial charge in [0.15, 0.2) is 0 Å². The number of ether oxygens (including phenoxy) is 2. The molecule has 2 aromatic carbocycles.